The van der Waals surface area contributed by atoms with Gasteiger partial charge in [-0.05, 0) is 24.1 Å². The second kappa shape index (κ2) is 3.88. The molecule has 18 heavy (non-hydrogen) atoms. The minimum atomic E-state index is -2.37. The van der Waals surface area contributed by atoms with Crippen molar-refractivity contribution in [1.29, 1.82) is 0 Å². The number of fused-ring (bicyclic) bond motifs is 2. The van der Waals surface area contributed by atoms with Crippen LogP contribution in [0.4, 0.5) is 5.69 Å². The Hall–Kier alpha value is -2.29. The van der Waals surface area contributed by atoms with Crippen LogP contribution in [-0.4, -0.2) is 18.1 Å². The predicted octanol–water partition coefficient (Wildman–Crippen LogP) is 2.82. The van der Waals surface area contributed by atoms with Gasteiger partial charge in [0, 0.05) is 28.0 Å². The van der Waals surface area contributed by atoms with Crippen molar-refractivity contribution >= 4 is 17.2 Å². The molecule has 1 aliphatic heterocycles. The first-order chi connectivity index (χ1) is 9.91. The quantitative estimate of drug-likeness (QED) is 0.823. The first-order valence-electron chi connectivity index (χ1n) is 7.14. The molecule has 0 aromatic heterocycles. The average Bonchev–Trinajstić information content (AvgIpc) is 2.42. The fraction of sp³-hybridized carbons (Fsp3) is 0.133. The number of nitrogens with zero attached hydrogens (tertiary/aromatic N) is 1. The Labute approximate surface area is 110 Å². The van der Waals surface area contributed by atoms with Crippen molar-refractivity contribution in [3.8, 4) is 0 Å². The molecule has 0 spiro atoms. The van der Waals surface area contributed by atoms with Crippen molar-refractivity contribution < 1.29 is 14.0 Å². The largest absolute Gasteiger partial charge is 0.478 e. The Kier molecular flexibility index (Phi) is 1.71. The van der Waals surface area contributed by atoms with Crippen molar-refractivity contribution in [1.82, 2.24) is 0 Å². The Morgan fingerprint density at radius 1 is 1.44 bits per heavy atom. The average molecular weight is 242 g/mol. The first kappa shape index (κ1) is 7.93. The number of carboxylic acids is 1. The highest BCUT2D eigenvalue weighted by Crippen LogP contribution is 2.41. The molecule has 0 bridgehead atoms. The first-order valence-corrected chi connectivity index (χ1v) is 5.64. The van der Waals surface area contributed by atoms with Crippen molar-refractivity contribution in [2.75, 3.05) is 11.9 Å². The topological polar surface area (TPSA) is 40.5 Å². The Morgan fingerprint density at radius 2 is 2.28 bits per heavy atom. The molecule has 3 rings (SSSR count). The fourth-order valence-electron chi connectivity index (χ4n) is 2.41. The van der Waals surface area contributed by atoms with Gasteiger partial charge in [-0.25, -0.2) is 4.79 Å². The van der Waals surface area contributed by atoms with Gasteiger partial charge in [0.05, 0.1) is 5.57 Å². The van der Waals surface area contributed by atoms with Crippen LogP contribution in [0.5, 0.6) is 0 Å². The minimum absolute atomic E-state index is 0.182. The third-order valence-corrected chi connectivity index (χ3v) is 3.19. The van der Waals surface area contributed by atoms with Gasteiger partial charge in [0.25, 0.3) is 0 Å². The van der Waals surface area contributed by atoms with Crippen LogP contribution in [-0.2, 0) is 4.79 Å². The van der Waals surface area contributed by atoms with Gasteiger partial charge in [-0.1, -0.05) is 30.4 Å². The second-order valence-corrected chi connectivity index (χ2v) is 4.20. The zero-order valence-electron chi connectivity index (χ0n) is 12.6. The van der Waals surface area contributed by atoms with Gasteiger partial charge >= 0.3 is 5.97 Å². The molecule has 2 aliphatic rings. The van der Waals surface area contributed by atoms with Crippen molar-refractivity contribution in [3.05, 3.63) is 59.3 Å². The smallest absolute Gasteiger partial charge is 0.336 e. The van der Waals surface area contributed by atoms with E-state index in [2.05, 4.69) is 0 Å². The van der Waals surface area contributed by atoms with E-state index in [1.165, 1.54) is 4.90 Å². The van der Waals surface area contributed by atoms with E-state index in [1.807, 2.05) is 6.08 Å². The molecular weight excluding hydrogens is 226 g/mol. The summed E-state index contributed by atoms with van der Waals surface area (Å²) in [5, 5.41) is 9.54. The molecule has 1 aliphatic carbocycles. The highest BCUT2D eigenvalue weighted by atomic mass is 16.4. The van der Waals surface area contributed by atoms with Crippen LogP contribution in [0.3, 0.4) is 0 Å². The van der Waals surface area contributed by atoms with E-state index in [9.17, 15) is 9.90 Å². The van der Waals surface area contributed by atoms with E-state index in [0.29, 0.717) is 28.9 Å². The summed E-state index contributed by atoms with van der Waals surface area (Å²) in [6.07, 6.45) is 5.65. The van der Waals surface area contributed by atoms with Gasteiger partial charge in [0.2, 0.25) is 0 Å². The van der Waals surface area contributed by atoms with Crippen LogP contribution in [0.2, 0.25) is 0 Å². The van der Waals surface area contributed by atoms with Gasteiger partial charge in [0.1, 0.15) is 0 Å². The number of carbonyl (C=O) groups is 1. The molecule has 0 atom stereocenters. The molecule has 3 heteroatoms. The standard InChI is InChI=1S/C15H13NO2/c1-16-12-8-4-2-6-10(12)14(15(17)18)11-7-3-5-9-13(11)16/h2-6,8-9H,7H2,1H3,(H,17,18)/i1D3. The maximum Gasteiger partial charge on any atom is 0.336 e. The lowest BCUT2D eigenvalue weighted by atomic mass is 9.87. The molecule has 0 radical (unpaired) electrons. The van der Waals surface area contributed by atoms with Gasteiger partial charge in [-0.2, -0.15) is 0 Å². The maximum absolute atomic E-state index is 11.7. The summed E-state index contributed by atoms with van der Waals surface area (Å²) in [6, 6.07) is 6.72. The van der Waals surface area contributed by atoms with E-state index in [0.717, 1.165) is 0 Å². The molecule has 1 aromatic carbocycles. The molecule has 0 saturated carbocycles. The summed E-state index contributed by atoms with van der Waals surface area (Å²) < 4.78 is 23.3. The summed E-state index contributed by atoms with van der Waals surface area (Å²) in [4.78, 5) is 12.9. The van der Waals surface area contributed by atoms with Gasteiger partial charge in [0.15, 0.2) is 0 Å². The van der Waals surface area contributed by atoms with Gasteiger partial charge in [-0.3, -0.25) is 0 Å². The number of rotatable bonds is 1. The van der Waals surface area contributed by atoms with E-state index in [-0.39, 0.29) is 5.57 Å². The van der Waals surface area contributed by atoms with Gasteiger partial charge in [-0.15, -0.1) is 0 Å². The molecule has 1 aromatic rings. The zero-order valence-corrected chi connectivity index (χ0v) is 9.55. The normalized spacial score (nSPS) is 20.3. The molecule has 90 valence electrons. The summed E-state index contributed by atoms with van der Waals surface area (Å²) in [7, 11) is 0. The number of para-hydroxylation sites is 1. The lowest BCUT2D eigenvalue weighted by Gasteiger charge is -2.33. The number of benzene rings is 1. The molecule has 1 N–H and O–H groups in total. The van der Waals surface area contributed by atoms with Crippen LogP contribution in [0.15, 0.2) is 53.8 Å². The molecule has 3 nitrogen and oxygen atoms in total. The van der Waals surface area contributed by atoms with E-state index >= 15 is 0 Å². The number of hydrogen-bond acceptors (Lipinski definition) is 2. The molecule has 0 amide bonds. The molecule has 1 heterocycles. The van der Waals surface area contributed by atoms with Crippen LogP contribution >= 0.6 is 0 Å². The number of hydrogen-bond donors (Lipinski definition) is 1. The highest BCUT2D eigenvalue weighted by molar-refractivity contribution is 6.20. The number of carboxylic acid groups (broad SMARTS) is 1. The number of aliphatic carboxylic acids is 1. The van der Waals surface area contributed by atoms with Crippen molar-refractivity contribution in [3.63, 3.8) is 0 Å². The lowest BCUT2D eigenvalue weighted by molar-refractivity contribution is -0.130. The van der Waals surface area contributed by atoms with E-state index in [1.54, 1.807) is 36.4 Å². The van der Waals surface area contributed by atoms with E-state index < -0.39 is 12.9 Å². The third kappa shape index (κ3) is 1.40. The minimum Gasteiger partial charge on any atom is -0.478 e. The van der Waals surface area contributed by atoms with E-state index in [4.69, 9.17) is 4.11 Å². The number of likely N-dealkylation sites (N-methyl/N-ethyl adjacent to an activating group) is 1. The predicted molar refractivity (Wildman–Crippen MR) is 71.2 cm³/mol. The molecule has 0 saturated heterocycles. The summed E-state index contributed by atoms with van der Waals surface area (Å²) >= 11 is 0. The fourth-order valence-corrected chi connectivity index (χ4v) is 2.41. The van der Waals surface area contributed by atoms with Crippen LogP contribution in [0.1, 0.15) is 16.1 Å². The lowest BCUT2D eigenvalue weighted by Crippen LogP contribution is -2.26. The second-order valence-electron chi connectivity index (χ2n) is 4.20. The summed E-state index contributed by atoms with van der Waals surface area (Å²) in [6.45, 7) is -2.37. The zero-order chi connectivity index (χ0) is 15.2. The highest BCUT2D eigenvalue weighted by Gasteiger charge is 2.29. The van der Waals surface area contributed by atoms with Crippen molar-refractivity contribution in [2.24, 2.45) is 0 Å². The van der Waals surface area contributed by atoms with Crippen LogP contribution in [0.25, 0.3) is 5.57 Å². The number of anilines is 1. The Morgan fingerprint density at radius 3 is 3.06 bits per heavy atom. The maximum atomic E-state index is 11.7. The van der Waals surface area contributed by atoms with Gasteiger partial charge < -0.3 is 10.0 Å². The third-order valence-electron chi connectivity index (χ3n) is 3.19. The Balaban J connectivity index is 2.36. The molecule has 0 unspecified atom stereocenters. The monoisotopic (exact) mass is 242 g/mol. The number of allylic oxidation sites excluding steroid dienone is 4. The summed E-state index contributed by atoms with van der Waals surface area (Å²) in [5.74, 6) is -1.04. The Bertz CT molecular complexity index is 714. The molecular formula is C15H13NO2. The van der Waals surface area contributed by atoms with Crippen LogP contribution in [0, 0.1) is 0 Å². The van der Waals surface area contributed by atoms with Crippen molar-refractivity contribution in [2.45, 2.75) is 6.42 Å². The molecule has 0 fully saturated rings. The summed E-state index contributed by atoms with van der Waals surface area (Å²) in [5.41, 5.74) is 2.01. The SMILES string of the molecule is [2H]C([2H])([2H])N1C2=CC=CCC2=C(C(=O)O)c2ccccc21. The van der Waals surface area contributed by atoms with Crippen LogP contribution < -0.4 is 4.90 Å².